The zero-order chi connectivity index (χ0) is 42.2. The Morgan fingerprint density at radius 1 is 0.302 bits per heavy atom. The molecule has 0 atom stereocenters. The Hall–Kier alpha value is -7.62. The van der Waals surface area contributed by atoms with Crippen molar-refractivity contribution < 1.29 is 8.83 Å². The minimum Gasteiger partial charge on any atom is -0.456 e. The number of anilines is 3. The normalized spacial score (nSPS) is 14.3. The molecule has 0 saturated carbocycles. The number of furan rings is 2. The van der Waals surface area contributed by atoms with Gasteiger partial charge in [-0.1, -0.05) is 137 Å². The first kappa shape index (κ1) is 36.1. The molecule has 300 valence electrons. The first-order valence-electron chi connectivity index (χ1n) is 22.0. The van der Waals surface area contributed by atoms with Gasteiger partial charge in [0.1, 0.15) is 22.3 Å². The molecule has 0 saturated heterocycles. The summed E-state index contributed by atoms with van der Waals surface area (Å²) in [5.74, 6) is 0. The smallest absolute Gasteiger partial charge is 0.135 e. The minimum atomic E-state index is -0.159. The predicted molar refractivity (Wildman–Crippen MR) is 262 cm³/mol. The summed E-state index contributed by atoms with van der Waals surface area (Å²) in [6.07, 6.45) is 0. The molecule has 0 bridgehead atoms. The fourth-order valence-corrected chi connectivity index (χ4v) is 11.0. The minimum absolute atomic E-state index is 0.159. The second-order valence-electron chi connectivity index (χ2n) is 18.5. The van der Waals surface area contributed by atoms with E-state index in [2.05, 4.69) is 196 Å². The lowest BCUT2D eigenvalue weighted by molar-refractivity contribution is 0.660. The van der Waals surface area contributed by atoms with Crippen molar-refractivity contribution in [2.45, 2.75) is 38.5 Å². The van der Waals surface area contributed by atoms with Crippen LogP contribution in [-0.4, -0.2) is 0 Å². The average Bonchev–Trinajstić information content (AvgIpc) is 4.01. The number of rotatable bonds is 5. The van der Waals surface area contributed by atoms with Crippen molar-refractivity contribution in [3.63, 3.8) is 0 Å². The largest absolute Gasteiger partial charge is 0.456 e. The topological polar surface area (TPSA) is 29.5 Å². The van der Waals surface area contributed by atoms with Gasteiger partial charge in [-0.3, -0.25) is 0 Å². The highest BCUT2D eigenvalue weighted by Crippen LogP contribution is 2.53. The van der Waals surface area contributed by atoms with E-state index in [1.807, 2.05) is 24.3 Å². The maximum Gasteiger partial charge on any atom is 0.135 e. The van der Waals surface area contributed by atoms with Crippen molar-refractivity contribution in [3.05, 3.63) is 210 Å². The number of fused-ring (bicyclic) bond motifs is 12. The van der Waals surface area contributed by atoms with E-state index in [0.29, 0.717) is 0 Å². The van der Waals surface area contributed by atoms with Crippen LogP contribution in [0.25, 0.3) is 88.4 Å². The fourth-order valence-electron chi connectivity index (χ4n) is 11.0. The average molecular weight is 810 g/mol. The van der Waals surface area contributed by atoms with Crippen molar-refractivity contribution in [1.29, 1.82) is 0 Å². The highest BCUT2D eigenvalue weighted by atomic mass is 16.3. The molecule has 0 radical (unpaired) electrons. The van der Waals surface area contributed by atoms with Crippen LogP contribution in [0, 0.1) is 0 Å². The van der Waals surface area contributed by atoms with Gasteiger partial charge < -0.3 is 13.7 Å². The summed E-state index contributed by atoms with van der Waals surface area (Å²) in [6, 6.07) is 69.0. The quantitative estimate of drug-likeness (QED) is 0.173. The maximum atomic E-state index is 6.32. The standard InChI is InChI=1S/C60H43NO2/c1-59(2)51-17-9-5-13-43(51)45-25-23-40(34-53(45)59)61(41-24-26-46-44-14-6-10-18-52(44)60(3,4)54(46)35-41)42-30-38(36-21-27-57-49(32-36)47-15-7-11-19-55(47)62-57)29-39(31-42)37-22-28-58-50(33-37)48-16-8-12-20-56(48)63-58/h5-35H,1-4H3. The Balaban J connectivity index is 1.07. The van der Waals surface area contributed by atoms with Gasteiger partial charge >= 0.3 is 0 Å². The lowest BCUT2D eigenvalue weighted by atomic mass is 9.82. The van der Waals surface area contributed by atoms with Gasteiger partial charge in [0.05, 0.1) is 0 Å². The zero-order valence-corrected chi connectivity index (χ0v) is 35.7. The Morgan fingerprint density at radius 2 is 0.714 bits per heavy atom. The number of benzene rings is 9. The molecule has 0 N–H and O–H groups in total. The van der Waals surface area contributed by atoms with Gasteiger partial charge in [0.25, 0.3) is 0 Å². The Bertz CT molecular complexity index is 3470. The van der Waals surface area contributed by atoms with E-state index < -0.39 is 0 Å². The molecular weight excluding hydrogens is 767 g/mol. The summed E-state index contributed by atoms with van der Waals surface area (Å²) in [5.41, 5.74) is 21.8. The van der Waals surface area contributed by atoms with Gasteiger partial charge in [-0.25, -0.2) is 0 Å². The van der Waals surface area contributed by atoms with Crippen molar-refractivity contribution >= 4 is 60.9 Å². The number of nitrogens with zero attached hydrogens (tertiary/aromatic N) is 1. The molecule has 13 rings (SSSR count). The van der Waals surface area contributed by atoms with Gasteiger partial charge in [-0.05, 0) is 146 Å². The van der Waals surface area contributed by atoms with E-state index in [9.17, 15) is 0 Å². The fraction of sp³-hybridized carbons (Fsp3) is 0.100. The third-order valence-corrected chi connectivity index (χ3v) is 14.2. The summed E-state index contributed by atoms with van der Waals surface area (Å²) in [7, 11) is 0. The monoisotopic (exact) mass is 809 g/mol. The van der Waals surface area contributed by atoms with Crippen LogP contribution < -0.4 is 4.90 Å². The molecule has 0 fully saturated rings. The van der Waals surface area contributed by atoms with Crippen LogP contribution in [0.5, 0.6) is 0 Å². The van der Waals surface area contributed by atoms with Crippen LogP contribution in [0.1, 0.15) is 49.9 Å². The number of hydrogen-bond donors (Lipinski definition) is 0. The Kier molecular flexibility index (Phi) is 7.42. The van der Waals surface area contributed by atoms with E-state index in [0.717, 1.165) is 83.2 Å². The van der Waals surface area contributed by atoms with Crippen molar-refractivity contribution in [1.82, 2.24) is 0 Å². The molecule has 0 aliphatic heterocycles. The highest BCUT2D eigenvalue weighted by Gasteiger charge is 2.38. The van der Waals surface area contributed by atoms with Crippen LogP contribution in [-0.2, 0) is 10.8 Å². The van der Waals surface area contributed by atoms with E-state index in [4.69, 9.17) is 8.83 Å². The summed E-state index contributed by atoms with van der Waals surface area (Å²) >= 11 is 0. The lowest BCUT2D eigenvalue weighted by Gasteiger charge is -2.30. The van der Waals surface area contributed by atoms with Gasteiger partial charge in [0.2, 0.25) is 0 Å². The third-order valence-electron chi connectivity index (χ3n) is 14.2. The van der Waals surface area contributed by atoms with E-state index in [1.54, 1.807) is 0 Å². The second-order valence-corrected chi connectivity index (χ2v) is 18.5. The molecule has 0 amide bonds. The van der Waals surface area contributed by atoms with Crippen molar-refractivity contribution in [2.24, 2.45) is 0 Å². The number of hydrogen-bond acceptors (Lipinski definition) is 3. The molecule has 3 nitrogen and oxygen atoms in total. The van der Waals surface area contributed by atoms with E-state index >= 15 is 0 Å². The molecule has 3 heteroatoms. The molecule has 0 spiro atoms. The molecule has 2 aliphatic rings. The molecule has 11 aromatic rings. The van der Waals surface area contributed by atoms with Crippen LogP contribution in [0.3, 0.4) is 0 Å². The maximum absolute atomic E-state index is 6.32. The van der Waals surface area contributed by atoms with Crippen LogP contribution in [0.2, 0.25) is 0 Å². The second kappa shape index (κ2) is 13.0. The lowest BCUT2D eigenvalue weighted by Crippen LogP contribution is -2.18. The summed E-state index contributed by atoms with van der Waals surface area (Å²) < 4.78 is 12.6. The summed E-state index contributed by atoms with van der Waals surface area (Å²) in [6.45, 7) is 9.46. The first-order valence-corrected chi connectivity index (χ1v) is 22.0. The molecule has 0 unspecified atom stereocenters. The Morgan fingerprint density at radius 3 is 1.21 bits per heavy atom. The van der Waals surface area contributed by atoms with Gasteiger partial charge in [-0.15, -0.1) is 0 Å². The van der Waals surface area contributed by atoms with E-state index in [-0.39, 0.29) is 10.8 Å². The van der Waals surface area contributed by atoms with Crippen LogP contribution >= 0.6 is 0 Å². The molecule has 9 aromatic carbocycles. The molecular formula is C60H43NO2. The zero-order valence-electron chi connectivity index (χ0n) is 35.7. The van der Waals surface area contributed by atoms with Crippen molar-refractivity contribution in [3.8, 4) is 44.5 Å². The molecule has 63 heavy (non-hydrogen) atoms. The summed E-state index contributed by atoms with van der Waals surface area (Å²) in [5, 5.41) is 4.46. The molecule has 2 heterocycles. The van der Waals surface area contributed by atoms with Crippen LogP contribution in [0.4, 0.5) is 17.1 Å². The number of para-hydroxylation sites is 2. The van der Waals surface area contributed by atoms with Crippen LogP contribution in [0.15, 0.2) is 197 Å². The third kappa shape index (κ3) is 5.26. The molecule has 2 aromatic heterocycles. The van der Waals surface area contributed by atoms with Crippen molar-refractivity contribution in [2.75, 3.05) is 4.90 Å². The molecule has 2 aliphatic carbocycles. The highest BCUT2D eigenvalue weighted by molar-refractivity contribution is 6.08. The predicted octanol–water partition coefficient (Wildman–Crippen LogP) is 16.9. The SMILES string of the molecule is CC1(C)c2ccccc2-c2ccc(N(c3cc(-c4ccc5oc6ccccc6c5c4)cc(-c4ccc5oc6ccccc6c5c4)c3)c3ccc4c(c3)C(C)(C)c3ccccc3-4)cc21. The van der Waals surface area contributed by atoms with Gasteiger partial charge in [0.15, 0.2) is 0 Å². The Labute approximate surface area is 366 Å². The van der Waals surface area contributed by atoms with Gasteiger partial charge in [0, 0.05) is 49.4 Å². The van der Waals surface area contributed by atoms with E-state index in [1.165, 1.54) is 44.5 Å². The van der Waals surface area contributed by atoms with Gasteiger partial charge in [-0.2, -0.15) is 0 Å². The summed E-state index contributed by atoms with van der Waals surface area (Å²) in [4.78, 5) is 2.49. The first-order chi connectivity index (χ1) is 30.7.